The van der Waals surface area contributed by atoms with Crippen molar-refractivity contribution in [1.29, 1.82) is 0 Å². The first-order chi connectivity index (χ1) is 8.99. The molecule has 0 aromatic heterocycles. The van der Waals surface area contributed by atoms with E-state index in [1.807, 2.05) is 19.9 Å². The van der Waals surface area contributed by atoms with Crippen molar-refractivity contribution in [2.24, 2.45) is 5.92 Å². The maximum Gasteiger partial charge on any atom is 0.228 e. The molecule has 1 rings (SSSR count). The van der Waals surface area contributed by atoms with Crippen molar-refractivity contribution in [1.82, 2.24) is 5.32 Å². The largest absolute Gasteiger partial charge is 0.495 e. The van der Waals surface area contributed by atoms with E-state index in [4.69, 9.17) is 4.74 Å². The first-order valence-electron chi connectivity index (χ1n) is 6.04. The number of rotatable bonds is 6. The summed E-state index contributed by atoms with van der Waals surface area (Å²) in [6.07, 6.45) is 0. The lowest BCUT2D eigenvalue weighted by Crippen LogP contribution is -2.30. The Labute approximate surface area is 130 Å². The van der Waals surface area contributed by atoms with Crippen LogP contribution >= 0.6 is 31.9 Å². The van der Waals surface area contributed by atoms with E-state index in [0.717, 1.165) is 15.5 Å². The monoisotopic (exact) mass is 392 g/mol. The number of nitrogens with one attached hydrogen (secondary N) is 2. The summed E-state index contributed by atoms with van der Waals surface area (Å²) in [6, 6.07) is 3.63. The molecule has 0 saturated heterocycles. The summed E-state index contributed by atoms with van der Waals surface area (Å²) >= 11 is 6.82. The van der Waals surface area contributed by atoms with Gasteiger partial charge in [0.15, 0.2) is 0 Å². The minimum absolute atomic E-state index is 0.0222. The van der Waals surface area contributed by atoms with Gasteiger partial charge < -0.3 is 15.4 Å². The minimum Gasteiger partial charge on any atom is -0.495 e. The molecule has 0 bridgehead atoms. The lowest BCUT2D eigenvalue weighted by atomic mass is 10.1. The van der Waals surface area contributed by atoms with Gasteiger partial charge in [-0.15, -0.1) is 0 Å². The summed E-state index contributed by atoms with van der Waals surface area (Å²) in [5.41, 5.74) is 0.702. The Morgan fingerprint density at radius 3 is 2.63 bits per heavy atom. The molecule has 19 heavy (non-hydrogen) atoms. The molecule has 0 aliphatic carbocycles. The molecule has 1 aromatic rings. The maximum absolute atomic E-state index is 12.0. The lowest BCUT2D eigenvalue weighted by molar-refractivity contribution is -0.119. The van der Waals surface area contributed by atoms with Crippen molar-refractivity contribution in [3.8, 4) is 5.75 Å². The number of anilines is 1. The van der Waals surface area contributed by atoms with Gasteiger partial charge in [-0.25, -0.2) is 0 Å². The number of halogens is 2. The van der Waals surface area contributed by atoms with E-state index in [1.165, 1.54) is 0 Å². The molecule has 0 heterocycles. The van der Waals surface area contributed by atoms with Crippen LogP contribution in [-0.2, 0) is 4.79 Å². The van der Waals surface area contributed by atoms with Crippen LogP contribution in [0.5, 0.6) is 5.75 Å². The summed E-state index contributed by atoms with van der Waals surface area (Å²) in [5, 5.41) is 6.05. The fourth-order valence-electron chi connectivity index (χ4n) is 1.49. The Balaban J connectivity index is 2.78. The van der Waals surface area contributed by atoms with Gasteiger partial charge in [-0.05, 0) is 44.5 Å². The fraction of sp³-hybridized carbons (Fsp3) is 0.462. The Hall–Kier alpha value is -0.590. The second kappa shape index (κ2) is 7.87. The van der Waals surface area contributed by atoms with Gasteiger partial charge in [0.05, 0.1) is 17.3 Å². The molecule has 2 N–H and O–H groups in total. The van der Waals surface area contributed by atoms with Crippen molar-refractivity contribution >= 4 is 43.5 Å². The smallest absolute Gasteiger partial charge is 0.228 e. The molecule has 0 aliphatic rings. The maximum atomic E-state index is 12.0. The quantitative estimate of drug-likeness (QED) is 0.778. The Kier molecular flexibility index (Phi) is 6.82. The molecule has 1 aromatic carbocycles. The molecular weight excluding hydrogens is 376 g/mol. The van der Waals surface area contributed by atoms with Gasteiger partial charge >= 0.3 is 0 Å². The molecule has 4 nitrogen and oxygen atoms in total. The van der Waals surface area contributed by atoms with E-state index < -0.39 is 0 Å². The number of ether oxygens (including phenoxy) is 1. The normalized spacial score (nSPS) is 12.1. The first-order valence-corrected chi connectivity index (χ1v) is 7.62. The predicted molar refractivity (Wildman–Crippen MR) is 84.7 cm³/mol. The van der Waals surface area contributed by atoms with Crippen LogP contribution in [0.25, 0.3) is 0 Å². The Morgan fingerprint density at radius 2 is 2.05 bits per heavy atom. The molecule has 0 saturated carbocycles. The van der Waals surface area contributed by atoms with E-state index in [1.54, 1.807) is 13.2 Å². The highest BCUT2D eigenvalue weighted by Crippen LogP contribution is 2.34. The molecule has 6 heteroatoms. The summed E-state index contributed by atoms with van der Waals surface area (Å²) in [7, 11) is 1.59. The fourth-order valence-corrected chi connectivity index (χ4v) is 2.75. The third-order valence-corrected chi connectivity index (χ3v) is 3.92. The van der Waals surface area contributed by atoms with Gasteiger partial charge in [0.25, 0.3) is 0 Å². The first kappa shape index (κ1) is 16.5. The zero-order chi connectivity index (χ0) is 14.4. The number of methoxy groups -OCH3 is 1. The van der Waals surface area contributed by atoms with Crippen molar-refractivity contribution in [2.75, 3.05) is 25.5 Å². The molecule has 0 fully saturated rings. The SMILES string of the molecule is CCNCC(C)C(=O)Nc1cc(OC)c(Br)cc1Br. The van der Waals surface area contributed by atoms with Crippen LogP contribution in [0.15, 0.2) is 21.1 Å². The van der Waals surface area contributed by atoms with Gasteiger partial charge in [0.2, 0.25) is 5.91 Å². The molecule has 1 atom stereocenters. The van der Waals surface area contributed by atoms with Crippen molar-refractivity contribution in [3.63, 3.8) is 0 Å². The predicted octanol–water partition coefficient (Wildman–Crippen LogP) is 3.40. The molecular formula is C13H18Br2N2O2. The third-order valence-electron chi connectivity index (χ3n) is 2.65. The van der Waals surface area contributed by atoms with Crippen LogP contribution in [0, 0.1) is 5.92 Å². The van der Waals surface area contributed by atoms with Crippen LogP contribution < -0.4 is 15.4 Å². The standard InChI is InChI=1S/C13H18Br2N2O2/c1-4-16-7-8(2)13(18)17-11-6-12(19-3)10(15)5-9(11)14/h5-6,8,16H,4,7H2,1-3H3,(H,17,18). The van der Waals surface area contributed by atoms with E-state index in [9.17, 15) is 4.79 Å². The van der Waals surface area contributed by atoms with Crippen molar-refractivity contribution in [3.05, 3.63) is 21.1 Å². The number of benzene rings is 1. The van der Waals surface area contributed by atoms with Crippen LogP contribution in [0.4, 0.5) is 5.69 Å². The zero-order valence-corrected chi connectivity index (χ0v) is 14.4. The van der Waals surface area contributed by atoms with Crippen LogP contribution in [0.1, 0.15) is 13.8 Å². The summed E-state index contributed by atoms with van der Waals surface area (Å²) in [5.74, 6) is 0.561. The summed E-state index contributed by atoms with van der Waals surface area (Å²) in [6.45, 7) is 5.42. The average molecular weight is 394 g/mol. The van der Waals surface area contributed by atoms with Crippen molar-refractivity contribution < 1.29 is 9.53 Å². The highest BCUT2D eigenvalue weighted by molar-refractivity contribution is 9.11. The van der Waals surface area contributed by atoms with Crippen LogP contribution in [0.3, 0.4) is 0 Å². The average Bonchev–Trinajstić information content (AvgIpc) is 2.38. The molecule has 106 valence electrons. The van der Waals surface area contributed by atoms with Crippen molar-refractivity contribution in [2.45, 2.75) is 13.8 Å². The Morgan fingerprint density at radius 1 is 1.37 bits per heavy atom. The summed E-state index contributed by atoms with van der Waals surface area (Å²) in [4.78, 5) is 12.0. The minimum atomic E-state index is -0.0958. The second-order valence-corrected chi connectivity index (χ2v) is 5.87. The van der Waals surface area contributed by atoms with Gasteiger partial charge in [-0.3, -0.25) is 4.79 Å². The number of carbonyl (C=O) groups is 1. The highest BCUT2D eigenvalue weighted by Gasteiger charge is 2.15. The number of carbonyl (C=O) groups excluding carboxylic acids is 1. The van der Waals surface area contributed by atoms with Crippen LogP contribution in [0.2, 0.25) is 0 Å². The van der Waals surface area contributed by atoms with Crippen LogP contribution in [-0.4, -0.2) is 26.1 Å². The lowest BCUT2D eigenvalue weighted by Gasteiger charge is -2.15. The number of amides is 1. The van der Waals surface area contributed by atoms with Gasteiger partial charge in [0, 0.05) is 23.0 Å². The Bertz CT molecular complexity index is 453. The topological polar surface area (TPSA) is 50.4 Å². The highest BCUT2D eigenvalue weighted by atomic mass is 79.9. The molecule has 1 unspecified atom stereocenters. The summed E-state index contributed by atoms with van der Waals surface area (Å²) < 4.78 is 6.86. The van der Waals surface area contributed by atoms with E-state index in [-0.39, 0.29) is 11.8 Å². The third kappa shape index (κ3) is 4.78. The van der Waals surface area contributed by atoms with Gasteiger partial charge in [-0.1, -0.05) is 13.8 Å². The number of hydrogen-bond donors (Lipinski definition) is 2. The molecule has 0 aliphatic heterocycles. The molecule has 0 spiro atoms. The van der Waals surface area contributed by atoms with E-state index in [0.29, 0.717) is 18.0 Å². The number of hydrogen-bond acceptors (Lipinski definition) is 3. The molecule has 0 radical (unpaired) electrons. The van der Waals surface area contributed by atoms with E-state index in [2.05, 4.69) is 42.5 Å². The zero-order valence-electron chi connectivity index (χ0n) is 11.2. The molecule has 1 amide bonds. The van der Waals surface area contributed by atoms with E-state index >= 15 is 0 Å². The van der Waals surface area contributed by atoms with Gasteiger partial charge in [0.1, 0.15) is 5.75 Å². The second-order valence-electron chi connectivity index (χ2n) is 4.16. The van der Waals surface area contributed by atoms with Gasteiger partial charge in [-0.2, -0.15) is 0 Å².